The van der Waals surface area contributed by atoms with Crippen molar-refractivity contribution >= 4 is 23.5 Å². The average Bonchev–Trinajstić information content (AvgIpc) is 3.02. The molecule has 1 amide bonds. The van der Waals surface area contributed by atoms with E-state index in [-0.39, 0.29) is 11.7 Å². The Labute approximate surface area is 145 Å². The lowest BCUT2D eigenvalue weighted by Crippen LogP contribution is -2.16. The largest absolute Gasteiger partial charge is 0.504 e. The van der Waals surface area contributed by atoms with Gasteiger partial charge in [-0.1, -0.05) is 6.07 Å². The van der Waals surface area contributed by atoms with Gasteiger partial charge in [0.15, 0.2) is 11.5 Å². The third kappa shape index (κ3) is 3.59. The zero-order valence-electron chi connectivity index (χ0n) is 13.5. The lowest BCUT2D eigenvalue weighted by Gasteiger charge is -2.08. The molecule has 1 aliphatic rings. The summed E-state index contributed by atoms with van der Waals surface area (Å²) in [4.78, 5) is 14.2. The molecule has 1 aromatic carbocycles. The summed E-state index contributed by atoms with van der Waals surface area (Å²) in [7, 11) is 0. The van der Waals surface area contributed by atoms with Gasteiger partial charge in [0.05, 0.1) is 17.7 Å². The highest BCUT2D eigenvalue weighted by Crippen LogP contribution is 2.30. The summed E-state index contributed by atoms with van der Waals surface area (Å²) in [6.07, 6.45) is 5.93. The van der Waals surface area contributed by atoms with Gasteiger partial charge in [-0.2, -0.15) is 5.10 Å². The Kier molecular flexibility index (Phi) is 5.15. The maximum atomic E-state index is 12.2. The lowest BCUT2D eigenvalue weighted by atomic mass is 9.99. The fraction of sp³-hybridized carbons (Fsp3) is 0.333. The summed E-state index contributed by atoms with van der Waals surface area (Å²) >= 11 is 1.55. The predicted octanol–water partition coefficient (Wildman–Crippen LogP) is 3.50. The van der Waals surface area contributed by atoms with Crippen LogP contribution in [-0.4, -0.2) is 23.8 Å². The monoisotopic (exact) mass is 344 g/mol. The van der Waals surface area contributed by atoms with Gasteiger partial charge in [-0.15, -0.1) is 11.3 Å². The molecule has 0 atom stereocenters. The summed E-state index contributed by atoms with van der Waals surface area (Å²) in [5, 5.41) is 14.0. The molecule has 1 aliphatic carbocycles. The van der Waals surface area contributed by atoms with Crippen LogP contribution in [0, 0.1) is 0 Å². The standard InChI is InChI=1S/C18H20N2O3S/c1-2-23-14-8-5-7-13(17(14)21)11-19-20-18(22)16-10-12-6-3-4-9-15(12)24-16/h5,7-8,10-11,21H,2-4,6,9H2,1H3,(H,20,22). The number of hydrogen-bond acceptors (Lipinski definition) is 5. The van der Waals surface area contributed by atoms with Crippen LogP contribution in [0.1, 0.15) is 45.4 Å². The first kappa shape index (κ1) is 16.5. The van der Waals surface area contributed by atoms with Crippen LogP contribution in [0.4, 0.5) is 0 Å². The number of aromatic hydroxyl groups is 1. The number of thiophene rings is 1. The number of aryl methyl sites for hydroxylation is 2. The Morgan fingerprint density at radius 3 is 3.04 bits per heavy atom. The van der Waals surface area contributed by atoms with Crippen molar-refractivity contribution in [1.29, 1.82) is 0 Å². The lowest BCUT2D eigenvalue weighted by molar-refractivity contribution is 0.0959. The van der Waals surface area contributed by atoms with Crippen molar-refractivity contribution in [1.82, 2.24) is 5.43 Å². The van der Waals surface area contributed by atoms with E-state index in [4.69, 9.17) is 4.74 Å². The third-order valence-corrected chi connectivity index (χ3v) is 5.16. The van der Waals surface area contributed by atoms with E-state index in [1.54, 1.807) is 29.5 Å². The van der Waals surface area contributed by atoms with Gasteiger partial charge in [0.2, 0.25) is 0 Å². The minimum Gasteiger partial charge on any atom is -0.504 e. The van der Waals surface area contributed by atoms with Gasteiger partial charge < -0.3 is 9.84 Å². The van der Waals surface area contributed by atoms with Gasteiger partial charge in [0, 0.05) is 10.4 Å². The molecule has 0 saturated heterocycles. The van der Waals surface area contributed by atoms with Crippen molar-refractivity contribution in [3.63, 3.8) is 0 Å². The summed E-state index contributed by atoms with van der Waals surface area (Å²) in [6.45, 7) is 2.31. The first-order valence-electron chi connectivity index (χ1n) is 8.08. The van der Waals surface area contributed by atoms with E-state index in [0.29, 0.717) is 22.8 Å². The topological polar surface area (TPSA) is 70.9 Å². The molecule has 0 unspecified atom stereocenters. The van der Waals surface area contributed by atoms with Gasteiger partial charge >= 0.3 is 0 Å². The van der Waals surface area contributed by atoms with Gasteiger partial charge in [0.1, 0.15) is 0 Å². The molecule has 126 valence electrons. The molecule has 24 heavy (non-hydrogen) atoms. The smallest absolute Gasteiger partial charge is 0.281 e. The molecule has 1 heterocycles. The maximum Gasteiger partial charge on any atom is 0.281 e. The number of hydrazone groups is 1. The van der Waals surface area contributed by atoms with Gasteiger partial charge in [-0.05, 0) is 56.4 Å². The number of para-hydroxylation sites is 1. The number of ether oxygens (including phenoxy) is 1. The van der Waals surface area contributed by atoms with Gasteiger partial charge in [0.25, 0.3) is 5.91 Å². The second kappa shape index (κ2) is 7.49. The molecule has 2 aromatic rings. The average molecular weight is 344 g/mol. The van der Waals surface area contributed by atoms with Crippen LogP contribution >= 0.6 is 11.3 Å². The molecule has 1 aromatic heterocycles. The van der Waals surface area contributed by atoms with Crippen LogP contribution in [0.2, 0.25) is 0 Å². The second-order valence-corrected chi connectivity index (χ2v) is 6.73. The number of fused-ring (bicyclic) bond motifs is 1. The zero-order chi connectivity index (χ0) is 16.9. The minimum absolute atomic E-state index is 0.0175. The fourth-order valence-electron chi connectivity index (χ4n) is 2.73. The van der Waals surface area contributed by atoms with Crippen molar-refractivity contribution in [2.45, 2.75) is 32.6 Å². The van der Waals surface area contributed by atoms with Crippen LogP contribution in [0.25, 0.3) is 0 Å². The highest BCUT2D eigenvalue weighted by Gasteiger charge is 2.16. The summed E-state index contributed by atoms with van der Waals surface area (Å²) in [6, 6.07) is 7.13. The Bertz CT molecular complexity index is 744. The van der Waals surface area contributed by atoms with E-state index in [2.05, 4.69) is 10.5 Å². The van der Waals surface area contributed by atoms with E-state index in [0.717, 1.165) is 12.8 Å². The van der Waals surface area contributed by atoms with Crippen molar-refractivity contribution in [2.24, 2.45) is 5.10 Å². The van der Waals surface area contributed by atoms with E-state index in [9.17, 15) is 9.90 Å². The van der Waals surface area contributed by atoms with Crippen LogP contribution in [0.15, 0.2) is 29.4 Å². The molecular formula is C18H20N2O3S. The van der Waals surface area contributed by atoms with Crippen molar-refractivity contribution in [3.8, 4) is 11.5 Å². The SMILES string of the molecule is CCOc1cccc(C=NNC(=O)c2cc3c(s2)CCCC3)c1O. The number of carbonyl (C=O) groups is 1. The Morgan fingerprint density at radius 2 is 2.25 bits per heavy atom. The van der Waals surface area contributed by atoms with Crippen LogP contribution < -0.4 is 10.2 Å². The molecule has 0 radical (unpaired) electrons. The second-order valence-electron chi connectivity index (χ2n) is 5.59. The molecule has 2 N–H and O–H groups in total. The summed E-state index contributed by atoms with van der Waals surface area (Å²) in [5.74, 6) is 0.203. The number of benzene rings is 1. The normalized spacial score (nSPS) is 13.7. The van der Waals surface area contributed by atoms with Crippen LogP contribution in [-0.2, 0) is 12.8 Å². The molecule has 0 fully saturated rings. The van der Waals surface area contributed by atoms with Crippen molar-refractivity contribution in [3.05, 3.63) is 45.1 Å². The Hall–Kier alpha value is -2.34. The van der Waals surface area contributed by atoms with E-state index in [1.165, 1.54) is 29.5 Å². The number of phenols is 1. The predicted molar refractivity (Wildman–Crippen MR) is 95.3 cm³/mol. The summed E-state index contributed by atoms with van der Waals surface area (Å²) < 4.78 is 5.32. The zero-order valence-corrected chi connectivity index (χ0v) is 14.4. The van der Waals surface area contributed by atoms with E-state index < -0.39 is 0 Å². The number of amides is 1. The highest BCUT2D eigenvalue weighted by molar-refractivity contribution is 7.14. The number of nitrogens with one attached hydrogen (secondary N) is 1. The van der Waals surface area contributed by atoms with Gasteiger partial charge in [-0.25, -0.2) is 5.43 Å². The van der Waals surface area contributed by atoms with Gasteiger partial charge in [-0.3, -0.25) is 4.79 Å². The highest BCUT2D eigenvalue weighted by atomic mass is 32.1. The number of carbonyl (C=O) groups excluding carboxylic acids is 1. The molecule has 0 bridgehead atoms. The number of hydrogen-bond donors (Lipinski definition) is 2. The third-order valence-electron chi connectivity index (χ3n) is 3.92. The molecule has 6 heteroatoms. The molecule has 3 rings (SSSR count). The fourth-order valence-corrected chi connectivity index (χ4v) is 3.88. The molecule has 5 nitrogen and oxygen atoms in total. The summed E-state index contributed by atoms with van der Waals surface area (Å²) in [5.41, 5.74) is 4.31. The molecule has 0 spiro atoms. The number of rotatable bonds is 5. The number of nitrogens with zero attached hydrogens (tertiary/aromatic N) is 1. The van der Waals surface area contributed by atoms with E-state index >= 15 is 0 Å². The quantitative estimate of drug-likeness (QED) is 0.644. The van der Waals surface area contributed by atoms with Crippen LogP contribution in [0.5, 0.6) is 11.5 Å². The Morgan fingerprint density at radius 1 is 1.42 bits per heavy atom. The first-order valence-corrected chi connectivity index (χ1v) is 8.90. The molecular weight excluding hydrogens is 324 g/mol. The maximum absolute atomic E-state index is 12.2. The van der Waals surface area contributed by atoms with Crippen molar-refractivity contribution in [2.75, 3.05) is 6.61 Å². The van der Waals surface area contributed by atoms with E-state index in [1.807, 2.05) is 13.0 Å². The Balaban J connectivity index is 1.67. The molecule has 0 aliphatic heterocycles. The number of phenolic OH excluding ortho intramolecular Hbond substituents is 1. The molecule has 0 saturated carbocycles. The van der Waals surface area contributed by atoms with Crippen LogP contribution in [0.3, 0.4) is 0 Å². The first-order chi connectivity index (χ1) is 11.7. The van der Waals surface area contributed by atoms with Crippen molar-refractivity contribution < 1.29 is 14.6 Å². The minimum atomic E-state index is -0.217.